The molecule has 0 radical (unpaired) electrons. The predicted molar refractivity (Wildman–Crippen MR) is 45.1 cm³/mol. The fourth-order valence-electron chi connectivity index (χ4n) is 1.15. The Labute approximate surface area is 86.3 Å². The van der Waals surface area contributed by atoms with Crippen LogP contribution in [0.4, 0.5) is 18.9 Å². The van der Waals surface area contributed by atoms with Gasteiger partial charge in [-0.05, 0) is 6.07 Å². The van der Waals surface area contributed by atoms with Crippen molar-refractivity contribution in [2.24, 2.45) is 0 Å². The fraction of sp³-hybridized carbons (Fsp3) is 0.125. The van der Waals surface area contributed by atoms with Crippen molar-refractivity contribution in [1.29, 1.82) is 0 Å². The number of hydrogen-bond acceptors (Lipinski definition) is 3. The standard InChI is InChI=1S/C8H4F3NO4/c9-8(10,11)4-2-1-3-5(12(15)16)6(4)7(13)14/h1-3H,(H,13,14). The van der Waals surface area contributed by atoms with Crippen molar-refractivity contribution in [2.75, 3.05) is 0 Å². The van der Waals surface area contributed by atoms with Gasteiger partial charge in [0.2, 0.25) is 0 Å². The van der Waals surface area contributed by atoms with Crippen LogP contribution in [0, 0.1) is 10.1 Å². The van der Waals surface area contributed by atoms with Gasteiger partial charge in [0, 0.05) is 6.07 Å². The lowest BCUT2D eigenvalue weighted by molar-refractivity contribution is -0.385. The monoisotopic (exact) mass is 235 g/mol. The molecule has 0 unspecified atom stereocenters. The molecule has 1 aromatic rings. The van der Waals surface area contributed by atoms with Gasteiger partial charge in [-0.1, -0.05) is 6.07 Å². The molecule has 0 bridgehead atoms. The van der Waals surface area contributed by atoms with Gasteiger partial charge in [-0.2, -0.15) is 13.2 Å². The number of benzene rings is 1. The van der Waals surface area contributed by atoms with Crippen LogP contribution in [0.2, 0.25) is 0 Å². The van der Waals surface area contributed by atoms with Gasteiger partial charge in [0.15, 0.2) is 0 Å². The molecule has 1 aromatic carbocycles. The summed E-state index contributed by atoms with van der Waals surface area (Å²) in [5, 5.41) is 18.9. The average Bonchev–Trinajstić information content (AvgIpc) is 2.14. The van der Waals surface area contributed by atoms with Crippen molar-refractivity contribution in [3.63, 3.8) is 0 Å². The van der Waals surface area contributed by atoms with Crippen LogP contribution in [0.3, 0.4) is 0 Å². The van der Waals surface area contributed by atoms with Crippen molar-refractivity contribution in [3.8, 4) is 0 Å². The van der Waals surface area contributed by atoms with Gasteiger partial charge in [0.25, 0.3) is 5.69 Å². The van der Waals surface area contributed by atoms with Crippen LogP contribution in [-0.4, -0.2) is 16.0 Å². The lowest BCUT2D eigenvalue weighted by Gasteiger charge is -2.09. The van der Waals surface area contributed by atoms with Gasteiger partial charge >= 0.3 is 12.1 Å². The molecule has 0 amide bonds. The summed E-state index contributed by atoms with van der Waals surface area (Å²) < 4.78 is 37.1. The summed E-state index contributed by atoms with van der Waals surface area (Å²) in [6.07, 6.45) is -4.94. The first-order chi connectivity index (χ1) is 7.25. The Morgan fingerprint density at radius 2 is 1.94 bits per heavy atom. The number of carboxylic acids is 1. The molecule has 0 aliphatic rings. The predicted octanol–water partition coefficient (Wildman–Crippen LogP) is 2.31. The van der Waals surface area contributed by atoms with Crippen LogP contribution in [0.5, 0.6) is 0 Å². The maximum Gasteiger partial charge on any atom is 0.417 e. The molecular formula is C8H4F3NO4. The Kier molecular flexibility index (Phi) is 2.84. The van der Waals surface area contributed by atoms with Crippen LogP contribution >= 0.6 is 0 Å². The molecule has 0 aliphatic heterocycles. The summed E-state index contributed by atoms with van der Waals surface area (Å²) in [5.41, 5.74) is -3.96. The van der Waals surface area contributed by atoms with Gasteiger partial charge in [-0.3, -0.25) is 10.1 Å². The van der Waals surface area contributed by atoms with Crippen LogP contribution in [0.1, 0.15) is 15.9 Å². The van der Waals surface area contributed by atoms with Gasteiger partial charge < -0.3 is 5.11 Å². The van der Waals surface area contributed by atoms with Crippen molar-refractivity contribution in [1.82, 2.24) is 0 Å². The molecule has 0 fully saturated rings. The van der Waals surface area contributed by atoms with Gasteiger partial charge in [-0.15, -0.1) is 0 Å². The molecule has 86 valence electrons. The van der Waals surface area contributed by atoms with Gasteiger partial charge in [-0.25, -0.2) is 4.79 Å². The zero-order valence-corrected chi connectivity index (χ0v) is 7.49. The fourth-order valence-corrected chi connectivity index (χ4v) is 1.15. The third-order valence-corrected chi connectivity index (χ3v) is 1.76. The third kappa shape index (κ3) is 2.10. The molecular weight excluding hydrogens is 231 g/mol. The molecule has 0 atom stereocenters. The summed E-state index contributed by atoms with van der Waals surface area (Å²) in [5.74, 6) is -1.99. The third-order valence-electron chi connectivity index (χ3n) is 1.76. The highest BCUT2D eigenvalue weighted by Gasteiger charge is 2.39. The van der Waals surface area contributed by atoms with E-state index in [2.05, 4.69) is 0 Å². The van der Waals surface area contributed by atoms with Crippen LogP contribution in [0.25, 0.3) is 0 Å². The second-order valence-electron chi connectivity index (χ2n) is 2.76. The van der Waals surface area contributed by atoms with E-state index >= 15 is 0 Å². The van der Waals surface area contributed by atoms with E-state index in [4.69, 9.17) is 5.11 Å². The second-order valence-corrected chi connectivity index (χ2v) is 2.76. The van der Waals surface area contributed by atoms with Crippen molar-refractivity contribution < 1.29 is 28.0 Å². The zero-order valence-electron chi connectivity index (χ0n) is 7.49. The molecule has 16 heavy (non-hydrogen) atoms. The second kappa shape index (κ2) is 3.80. The Hall–Kier alpha value is -2.12. The molecule has 1 N–H and O–H groups in total. The first-order valence-electron chi connectivity index (χ1n) is 3.83. The van der Waals surface area contributed by atoms with E-state index in [1.807, 2.05) is 0 Å². The molecule has 0 spiro atoms. The van der Waals surface area contributed by atoms with Crippen molar-refractivity contribution in [2.45, 2.75) is 6.18 Å². The Morgan fingerprint density at radius 1 is 1.38 bits per heavy atom. The number of nitro groups is 1. The van der Waals surface area contributed by atoms with Crippen LogP contribution in [0.15, 0.2) is 18.2 Å². The highest BCUT2D eigenvalue weighted by atomic mass is 19.4. The molecule has 8 heteroatoms. The van der Waals surface area contributed by atoms with Crippen LogP contribution < -0.4 is 0 Å². The van der Waals surface area contributed by atoms with E-state index in [0.717, 1.165) is 6.07 Å². The first-order valence-corrected chi connectivity index (χ1v) is 3.83. The SMILES string of the molecule is O=C(O)c1c([N+](=O)[O-])cccc1C(F)(F)F. The number of nitro benzene ring substituents is 1. The molecule has 5 nitrogen and oxygen atoms in total. The Balaban J connectivity index is 3.58. The normalized spacial score (nSPS) is 11.2. The smallest absolute Gasteiger partial charge is 0.417 e. The molecule has 0 saturated heterocycles. The van der Waals surface area contributed by atoms with E-state index in [9.17, 15) is 28.1 Å². The van der Waals surface area contributed by atoms with Crippen molar-refractivity contribution >= 4 is 11.7 Å². The van der Waals surface area contributed by atoms with Gasteiger partial charge in [0.05, 0.1) is 10.5 Å². The van der Waals surface area contributed by atoms with Crippen molar-refractivity contribution in [3.05, 3.63) is 39.4 Å². The number of rotatable bonds is 2. The van der Waals surface area contributed by atoms with E-state index in [1.54, 1.807) is 0 Å². The number of carboxylic acid groups (broad SMARTS) is 1. The summed E-state index contributed by atoms with van der Waals surface area (Å²) in [7, 11) is 0. The Bertz CT molecular complexity index is 455. The highest BCUT2D eigenvalue weighted by Crippen LogP contribution is 2.35. The highest BCUT2D eigenvalue weighted by molar-refractivity contribution is 5.94. The van der Waals surface area contributed by atoms with Gasteiger partial charge in [0.1, 0.15) is 5.56 Å². The number of nitrogens with zero attached hydrogens (tertiary/aromatic N) is 1. The van der Waals surface area contributed by atoms with E-state index < -0.39 is 33.9 Å². The summed E-state index contributed by atoms with van der Waals surface area (Å²) in [6, 6.07) is 1.97. The summed E-state index contributed by atoms with van der Waals surface area (Å²) in [6.45, 7) is 0. The minimum Gasteiger partial charge on any atom is -0.477 e. The van der Waals surface area contributed by atoms with Crippen LogP contribution in [-0.2, 0) is 6.18 Å². The van der Waals surface area contributed by atoms with E-state index in [0.29, 0.717) is 12.1 Å². The number of carbonyl (C=O) groups is 1. The number of halogens is 3. The number of alkyl halides is 3. The minimum absolute atomic E-state index is 0.483. The quantitative estimate of drug-likeness (QED) is 0.629. The van der Waals surface area contributed by atoms with E-state index in [-0.39, 0.29) is 0 Å². The first kappa shape index (κ1) is 12.0. The average molecular weight is 235 g/mol. The largest absolute Gasteiger partial charge is 0.477 e. The van der Waals surface area contributed by atoms with E-state index in [1.165, 1.54) is 0 Å². The zero-order chi connectivity index (χ0) is 12.5. The topological polar surface area (TPSA) is 80.4 Å². The maximum absolute atomic E-state index is 12.4. The molecule has 1 rings (SSSR count). The molecule has 0 aromatic heterocycles. The molecule has 0 saturated carbocycles. The number of hydrogen-bond donors (Lipinski definition) is 1. The maximum atomic E-state index is 12.4. The Morgan fingerprint density at radius 3 is 2.31 bits per heavy atom. The molecule has 0 heterocycles. The lowest BCUT2D eigenvalue weighted by Crippen LogP contribution is -2.14. The summed E-state index contributed by atoms with van der Waals surface area (Å²) in [4.78, 5) is 19.8. The molecule has 0 aliphatic carbocycles. The number of aromatic carboxylic acids is 1. The lowest BCUT2D eigenvalue weighted by atomic mass is 10.1. The minimum atomic E-state index is -4.94. The summed E-state index contributed by atoms with van der Waals surface area (Å²) >= 11 is 0.